The van der Waals surface area contributed by atoms with Gasteiger partial charge in [0.05, 0.1) is 6.04 Å². The number of nitrogens with one attached hydrogen (secondary N) is 1. The van der Waals surface area contributed by atoms with Crippen LogP contribution in [0.4, 0.5) is 9.18 Å². The van der Waals surface area contributed by atoms with Crippen LogP contribution in [0, 0.1) is 5.82 Å². The van der Waals surface area contributed by atoms with Crippen LogP contribution in [-0.4, -0.2) is 36.7 Å². The topological polar surface area (TPSA) is 41.6 Å². The van der Waals surface area contributed by atoms with Crippen LogP contribution < -0.4 is 5.32 Å². The van der Waals surface area contributed by atoms with Crippen molar-refractivity contribution >= 4 is 6.09 Å². The number of carbonyl (C=O) groups is 1. The fourth-order valence-corrected chi connectivity index (χ4v) is 3.32. The highest BCUT2D eigenvalue weighted by Crippen LogP contribution is 2.35. The third kappa shape index (κ3) is 2.76. The van der Waals surface area contributed by atoms with Crippen LogP contribution in [0.5, 0.6) is 0 Å². The van der Waals surface area contributed by atoms with Crippen molar-refractivity contribution in [1.82, 2.24) is 10.2 Å². The standard InChI is InChI=1S/C19H19FN2O2/c20-15-7-5-14(6-8-15)18-17-4-2-1-3-13(17)9-10-22(18)19(23)24-16-11-21-12-16/h1-8,16,18,21H,9-12H2/t18-/m0/s1. The summed E-state index contributed by atoms with van der Waals surface area (Å²) >= 11 is 0. The van der Waals surface area contributed by atoms with Crippen LogP contribution in [0.25, 0.3) is 0 Å². The van der Waals surface area contributed by atoms with Gasteiger partial charge in [0.2, 0.25) is 0 Å². The smallest absolute Gasteiger partial charge is 0.410 e. The van der Waals surface area contributed by atoms with Crippen molar-refractivity contribution in [2.45, 2.75) is 18.6 Å². The minimum atomic E-state index is -0.301. The van der Waals surface area contributed by atoms with E-state index in [-0.39, 0.29) is 24.1 Å². The first-order chi connectivity index (χ1) is 11.7. The van der Waals surface area contributed by atoms with Gasteiger partial charge in [-0.1, -0.05) is 36.4 Å². The fourth-order valence-electron chi connectivity index (χ4n) is 3.32. The zero-order valence-corrected chi connectivity index (χ0v) is 13.2. The number of hydrogen-bond acceptors (Lipinski definition) is 3. The van der Waals surface area contributed by atoms with E-state index in [4.69, 9.17) is 4.74 Å². The van der Waals surface area contributed by atoms with Gasteiger partial charge >= 0.3 is 6.09 Å². The minimum Gasteiger partial charge on any atom is -0.443 e. The van der Waals surface area contributed by atoms with Gasteiger partial charge in [-0.05, 0) is 35.2 Å². The molecule has 4 nitrogen and oxygen atoms in total. The lowest BCUT2D eigenvalue weighted by Crippen LogP contribution is -2.52. The number of amides is 1. The lowest BCUT2D eigenvalue weighted by molar-refractivity contribution is 0.0314. The van der Waals surface area contributed by atoms with Gasteiger partial charge in [-0.25, -0.2) is 9.18 Å². The largest absolute Gasteiger partial charge is 0.443 e. The van der Waals surface area contributed by atoms with E-state index in [0.29, 0.717) is 19.6 Å². The Hall–Kier alpha value is -2.40. The molecule has 0 spiro atoms. The Morgan fingerprint density at radius 1 is 1.12 bits per heavy atom. The molecule has 124 valence electrons. The molecular weight excluding hydrogens is 307 g/mol. The molecule has 0 aromatic heterocycles. The normalized spacial score (nSPS) is 20.2. The number of halogens is 1. The summed E-state index contributed by atoms with van der Waals surface area (Å²) in [6.07, 6.45) is 0.445. The molecular formula is C19H19FN2O2. The van der Waals surface area contributed by atoms with E-state index in [1.165, 1.54) is 17.7 Å². The summed E-state index contributed by atoms with van der Waals surface area (Å²) < 4.78 is 18.9. The Morgan fingerprint density at radius 2 is 1.88 bits per heavy atom. The third-order valence-corrected chi connectivity index (χ3v) is 4.72. The highest BCUT2D eigenvalue weighted by molar-refractivity contribution is 5.70. The summed E-state index contributed by atoms with van der Waals surface area (Å²) in [6, 6.07) is 14.2. The van der Waals surface area contributed by atoms with Gasteiger partial charge in [0.15, 0.2) is 0 Å². The Bertz CT molecular complexity index is 743. The van der Waals surface area contributed by atoms with Gasteiger partial charge in [-0.3, -0.25) is 4.90 Å². The second-order valence-corrected chi connectivity index (χ2v) is 6.26. The van der Waals surface area contributed by atoms with Gasteiger partial charge in [0.25, 0.3) is 0 Å². The van der Waals surface area contributed by atoms with Crippen molar-refractivity contribution in [3.8, 4) is 0 Å². The van der Waals surface area contributed by atoms with Crippen molar-refractivity contribution in [3.05, 3.63) is 71.0 Å². The average molecular weight is 326 g/mol. The first kappa shape index (κ1) is 15.1. The molecule has 1 saturated heterocycles. The Morgan fingerprint density at radius 3 is 2.58 bits per heavy atom. The number of benzene rings is 2. The van der Waals surface area contributed by atoms with Gasteiger partial charge in [-0.2, -0.15) is 0 Å². The van der Waals surface area contributed by atoms with Crippen LogP contribution >= 0.6 is 0 Å². The molecule has 2 heterocycles. The lowest BCUT2D eigenvalue weighted by atomic mass is 9.88. The van der Waals surface area contributed by atoms with E-state index in [9.17, 15) is 9.18 Å². The summed E-state index contributed by atoms with van der Waals surface area (Å²) in [5, 5.41) is 3.10. The number of nitrogens with zero attached hydrogens (tertiary/aromatic N) is 1. The summed E-state index contributed by atoms with van der Waals surface area (Å²) in [5.41, 5.74) is 3.20. The minimum absolute atomic E-state index is 0.0523. The summed E-state index contributed by atoms with van der Waals surface area (Å²) in [4.78, 5) is 14.4. The van der Waals surface area contributed by atoms with Crippen molar-refractivity contribution in [2.75, 3.05) is 19.6 Å². The maximum Gasteiger partial charge on any atom is 0.410 e. The number of hydrogen-bond donors (Lipinski definition) is 1. The molecule has 2 aliphatic rings. The Kier molecular flexibility index (Phi) is 3.94. The first-order valence-electron chi connectivity index (χ1n) is 8.23. The zero-order valence-electron chi connectivity index (χ0n) is 13.2. The van der Waals surface area contributed by atoms with Gasteiger partial charge in [-0.15, -0.1) is 0 Å². The quantitative estimate of drug-likeness (QED) is 0.923. The molecule has 0 unspecified atom stereocenters. The number of carbonyl (C=O) groups excluding carboxylic acids is 1. The fraction of sp³-hybridized carbons (Fsp3) is 0.316. The molecule has 2 aliphatic heterocycles. The molecule has 1 fully saturated rings. The number of ether oxygens (including phenoxy) is 1. The van der Waals surface area contributed by atoms with Crippen molar-refractivity contribution in [3.63, 3.8) is 0 Å². The van der Waals surface area contributed by atoms with Crippen LogP contribution in [0.2, 0.25) is 0 Å². The first-order valence-corrected chi connectivity index (χ1v) is 8.23. The Balaban J connectivity index is 1.69. The summed E-state index contributed by atoms with van der Waals surface area (Å²) in [6.45, 7) is 2.01. The van der Waals surface area contributed by atoms with Crippen LogP contribution in [0.15, 0.2) is 48.5 Å². The highest BCUT2D eigenvalue weighted by atomic mass is 19.1. The number of fused-ring (bicyclic) bond motifs is 1. The summed E-state index contributed by atoms with van der Waals surface area (Å²) in [5.74, 6) is -0.280. The van der Waals surface area contributed by atoms with Crippen molar-refractivity contribution < 1.29 is 13.9 Å². The zero-order chi connectivity index (χ0) is 16.5. The molecule has 1 N–H and O–H groups in total. The Labute approximate surface area is 140 Å². The molecule has 1 atom stereocenters. The summed E-state index contributed by atoms with van der Waals surface area (Å²) in [7, 11) is 0. The molecule has 4 rings (SSSR count). The van der Waals surface area contributed by atoms with E-state index in [1.54, 1.807) is 17.0 Å². The molecule has 0 radical (unpaired) electrons. The molecule has 0 aliphatic carbocycles. The molecule has 0 bridgehead atoms. The molecule has 2 aromatic carbocycles. The van der Waals surface area contributed by atoms with Crippen molar-refractivity contribution in [2.24, 2.45) is 0 Å². The third-order valence-electron chi connectivity index (χ3n) is 4.72. The van der Waals surface area contributed by atoms with Crippen LogP contribution in [-0.2, 0) is 11.2 Å². The number of rotatable bonds is 2. The second-order valence-electron chi connectivity index (χ2n) is 6.26. The van der Waals surface area contributed by atoms with Gasteiger partial charge < -0.3 is 10.1 Å². The van der Waals surface area contributed by atoms with Gasteiger partial charge in [0, 0.05) is 19.6 Å². The van der Waals surface area contributed by atoms with Crippen molar-refractivity contribution in [1.29, 1.82) is 0 Å². The van der Waals surface area contributed by atoms with E-state index in [1.807, 2.05) is 18.2 Å². The molecule has 2 aromatic rings. The second kappa shape index (κ2) is 6.24. The maximum absolute atomic E-state index is 13.3. The SMILES string of the molecule is O=C(OC1CNC1)N1CCc2ccccc2[C@@H]1c1ccc(F)cc1. The van der Waals surface area contributed by atoms with E-state index >= 15 is 0 Å². The monoisotopic (exact) mass is 326 g/mol. The maximum atomic E-state index is 13.3. The average Bonchev–Trinajstić information content (AvgIpc) is 2.58. The van der Waals surface area contributed by atoms with Crippen LogP contribution in [0.3, 0.4) is 0 Å². The van der Waals surface area contributed by atoms with Crippen LogP contribution in [0.1, 0.15) is 22.7 Å². The molecule has 5 heteroatoms. The molecule has 0 saturated carbocycles. The molecule has 24 heavy (non-hydrogen) atoms. The highest BCUT2D eigenvalue weighted by Gasteiger charge is 2.34. The van der Waals surface area contributed by atoms with E-state index in [2.05, 4.69) is 11.4 Å². The predicted octanol–water partition coefficient (Wildman–Crippen LogP) is 2.88. The van der Waals surface area contributed by atoms with E-state index in [0.717, 1.165) is 17.5 Å². The van der Waals surface area contributed by atoms with E-state index < -0.39 is 0 Å². The lowest BCUT2D eigenvalue weighted by Gasteiger charge is -2.38. The predicted molar refractivity (Wildman–Crippen MR) is 88.2 cm³/mol. The molecule has 1 amide bonds. The van der Waals surface area contributed by atoms with Gasteiger partial charge in [0.1, 0.15) is 11.9 Å².